The summed E-state index contributed by atoms with van der Waals surface area (Å²) in [5.74, 6) is 1.39. The Labute approximate surface area is 195 Å². The first-order chi connectivity index (χ1) is 15.6. The summed E-state index contributed by atoms with van der Waals surface area (Å²) in [6.07, 6.45) is 2.59. The van der Waals surface area contributed by atoms with Crippen LogP contribution in [0.15, 0.2) is 77.1 Å². The van der Waals surface area contributed by atoms with Gasteiger partial charge in [-0.15, -0.1) is 0 Å². The van der Waals surface area contributed by atoms with Gasteiger partial charge in [-0.05, 0) is 53.5 Å². The number of ketones is 2. The predicted octanol–water partition coefficient (Wildman–Crippen LogP) is 6.45. The predicted molar refractivity (Wildman–Crippen MR) is 129 cm³/mol. The molecule has 0 atom stereocenters. The molecular formula is C29H31NO3. The molecule has 0 amide bonds. The summed E-state index contributed by atoms with van der Waals surface area (Å²) in [4.78, 5) is 26.9. The van der Waals surface area contributed by atoms with E-state index < -0.39 is 0 Å². The van der Waals surface area contributed by atoms with Crippen molar-refractivity contribution in [1.29, 1.82) is 0 Å². The zero-order valence-corrected chi connectivity index (χ0v) is 19.8. The number of para-hydroxylation sites is 1. The summed E-state index contributed by atoms with van der Waals surface area (Å²) in [5.41, 5.74) is 4.23. The van der Waals surface area contributed by atoms with E-state index in [0.29, 0.717) is 18.6 Å². The highest BCUT2D eigenvalue weighted by Crippen LogP contribution is 2.51. The van der Waals surface area contributed by atoms with Crippen LogP contribution in [0, 0.1) is 10.8 Å². The van der Waals surface area contributed by atoms with E-state index in [4.69, 9.17) is 4.74 Å². The van der Waals surface area contributed by atoms with Crippen LogP contribution in [-0.4, -0.2) is 11.6 Å². The Bertz CT molecular complexity index is 1150. The molecule has 2 aromatic carbocycles. The largest absolute Gasteiger partial charge is 0.457 e. The number of hydrogen-bond acceptors (Lipinski definition) is 4. The molecule has 0 fully saturated rings. The van der Waals surface area contributed by atoms with E-state index in [9.17, 15) is 9.59 Å². The molecule has 4 heteroatoms. The van der Waals surface area contributed by atoms with E-state index in [-0.39, 0.29) is 28.3 Å². The number of carbonyl (C=O) groups is 2. The molecule has 0 bridgehead atoms. The summed E-state index contributed by atoms with van der Waals surface area (Å²) in [6.45, 7) is 8.55. The van der Waals surface area contributed by atoms with E-state index in [2.05, 4.69) is 33.0 Å². The van der Waals surface area contributed by atoms with Crippen molar-refractivity contribution in [2.24, 2.45) is 10.8 Å². The van der Waals surface area contributed by atoms with Crippen LogP contribution >= 0.6 is 0 Å². The third kappa shape index (κ3) is 4.15. The molecule has 0 radical (unpaired) electrons. The van der Waals surface area contributed by atoms with Gasteiger partial charge in [0.05, 0.1) is 0 Å². The standard InChI is InChI=1S/C29H31NO3/c1-28(2)14-21-26(23(31)16-28)25(27-22(30-21)15-29(3,4)17-24(27)32)18-9-8-12-20(13-18)33-19-10-6-5-7-11-19/h5-13,25,30H,14-17H2,1-4H3. The average Bonchev–Trinajstić information content (AvgIpc) is 2.71. The molecule has 0 saturated heterocycles. The summed E-state index contributed by atoms with van der Waals surface area (Å²) in [5, 5.41) is 3.57. The molecule has 4 nitrogen and oxygen atoms in total. The Morgan fingerprint density at radius 2 is 1.27 bits per heavy atom. The van der Waals surface area contributed by atoms with E-state index >= 15 is 0 Å². The molecule has 0 saturated carbocycles. The molecule has 170 valence electrons. The molecule has 0 unspecified atom stereocenters. The number of nitrogens with one attached hydrogen (secondary N) is 1. The smallest absolute Gasteiger partial charge is 0.162 e. The summed E-state index contributed by atoms with van der Waals surface area (Å²) in [7, 11) is 0. The van der Waals surface area contributed by atoms with E-state index in [0.717, 1.165) is 46.7 Å². The zero-order chi connectivity index (χ0) is 23.4. The van der Waals surface area contributed by atoms with Crippen molar-refractivity contribution in [3.05, 3.63) is 82.7 Å². The topological polar surface area (TPSA) is 55.4 Å². The molecule has 2 aliphatic carbocycles. The van der Waals surface area contributed by atoms with Crippen LogP contribution in [0.1, 0.15) is 64.9 Å². The highest BCUT2D eigenvalue weighted by molar-refractivity contribution is 6.06. The van der Waals surface area contributed by atoms with Gasteiger partial charge in [0.25, 0.3) is 0 Å². The summed E-state index contributed by atoms with van der Waals surface area (Å²) >= 11 is 0. The van der Waals surface area contributed by atoms with Crippen molar-refractivity contribution in [2.75, 3.05) is 0 Å². The van der Waals surface area contributed by atoms with Gasteiger partial charge < -0.3 is 10.1 Å². The van der Waals surface area contributed by atoms with Crippen molar-refractivity contribution in [2.45, 2.75) is 59.3 Å². The molecule has 5 rings (SSSR count). The van der Waals surface area contributed by atoms with Crippen LogP contribution in [0.4, 0.5) is 0 Å². The number of allylic oxidation sites excluding steroid dienone is 4. The Hall–Kier alpha value is -3.14. The first-order valence-electron chi connectivity index (χ1n) is 11.7. The number of dihydropyridines is 1. The van der Waals surface area contributed by atoms with Gasteiger partial charge in [-0.3, -0.25) is 9.59 Å². The second-order valence-corrected chi connectivity index (χ2v) is 11.2. The number of carbonyl (C=O) groups excluding carboxylic acids is 2. The minimum atomic E-state index is -0.345. The Morgan fingerprint density at radius 3 is 1.85 bits per heavy atom. The van der Waals surface area contributed by atoms with Gasteiger partial charge in [-0.25, -0.2) is 0 Å². The molecule has 2 aromatic rings. The summed E-state index contributed by atoms with van der Waals surface area (Å²) < 4.78 is 6.08. The number of rotatable bonds is 3. The SMILES string of the molecule is CC1(C)CC(=O)C2=C(C1)NC1=C(C(=O)CC(C)(C)C1)C2c1cccc(Oc2ccccc2)c1. The van der Waals surface area contributed by atoms with Gasteiger partial charge in [0.15, 0.2) is 11.6 Å². The highest BCUT2D eigenvalue weighted by Gasteiger charge is 2.46. The Morgan fingerprint density at radius 1 is 0.727 bits per heavy atom. The fourth-order valence-corrected chi connectivity index (χ4v) is 5.60. The van der Waals surface area contributed by atoms with Gasteiger partial charge in [0.1, 0.15) is 11.5 Å². The normalized spacial score (nSPS) is 21.9. The van der Waals surface area contributed by atoms with Gasteiger partial charge >= 0.3 is 0 Å². The maximum atomic E-state index is 13.4. The fraction of sp³-hybridized carbons (Fsp3) is 0.379. The Kier molecular flexibility index (Phi) is 5.08. The van der Waals surface area contributed by atoms with Crippen molar-refractivity contribution in [3.63, 3.8) is 0 Å². The summed E-state index contributed by atoms with van der Waals surface area (Å²) in [6, 6.07) is 17.5. The lowest BCUT2D eigenvalue weighted by Crippen LogP contribution is -2.42. The van der Waals surface area contributed by atoms with E-state index in [1.165, 1.54) is 0 Å². The second kappa shape index (κ2) is 7.72. The van der Waals surface area contributed by atoms with Crippen LogP contribution in [0.3, 0.4) is 0 Å². The third-order valence-corrected chi connectivity index (χ3v) is 6.89. The molecule has 0 aromatic heterocycles. The number of Topliss-reactive ketones (excluding diaryl/α,β-unsaturated/α-hetero) is 2. The lowest BCUT2D eigenvalue weighted by molar-refractivity contribution is -0.119. The highest BCUT2D eigenvalue weighted by atomic mass is 16.5. The van der Waals surface area contributed by atoms with Gasteiger partial charge in [-0.1, -0.05) is 58.0 Å². The quantitative estimate of drug-likeness (QED) is 0.594. The molecule has 1 heterocycles. The van der Waals surface area contributed by atoms with Crippen LogP contribution in [0.25, 0.3) is 0 Å². The maximum absolute atomic E-state index is 13.4. The minimum absolute atomic E-state index is 0.0992. The Balaban J connectivity index is 1.62. The molecular weight excluding hydrogens is 410 g/mol. The fourth-order valence-electron chi connectivity index (χ4n) is 5.60. The average molecular weight is 442 g/mol. The van der Waals surface area contributed by atoms with Gasteiger partial charge in [-0.2, -0.15) is 0 Å². The van der Waals surface area contributed by atoms with Crippen LogP contribution in [0.5, 0.6) is 11.5 Å². The third-order valence-electron chi connectivity index (χ3n) is 6.89. The van der Waals surface area contributed by atoms with Gasteiger partial charge in [0.2, 0.25) is 0 Å². The number of benzene rings is 2. The van der Waals surface area contributed by atoms with Crippen molar-refractivity contribution < 1.29 is 14.3 Å². The van der Waals surface area contributed by atoms with Crippen LogP contribution in [-0.2, 0) is 9.59 Å². The lowest BCUT2D eigenvalue weighted by atomic mass is 9.64. The van der Waals surface area contributed by atoms with Crippen molar-refractivity contribution >= 4 is 11.6 Å². The molecule has 3 aliphatic rings. The number of hydrogen-bond donors (Lipinski definition) is 1. The minimum Gasteiger partial charge on any atom is -0.457 e. The second-order valence-electron chi connectivity index (χ2n) is 11.2. The van der Waals surface area contributed by atoms with Crippen LogP contribution < -0.4 is 10.1 Å². The molecule has 33 heavy (non-hydrogen) atoms. The lowest BCUT2D eigenvalue weighted by Gasteiger charge is -2.44. The van der Waals surface area contributed by atoms with Crippen LogP contribution in [0.2, 0.25) is 0 Å². The maximum Gasteiger partial charge on any atom is 0.162 e. The molecule has 0 spiro atoms. The monoisotopic (exact) mass is 441 g/mol. The van der Waals surface area contributed by atoms with E-state index in [1.54, 1.807) is 0 Å². The number of ether oxygens (including phenoxy) is 1. The van der Waals surface area contributed by atoms with E-state index in [1.807, 2.05) is 54.6 Å². The zero-order valence-electron chi connectivity index (χ0n) is 19.8. The van der Waals surface area contributed by atoms with Gasteiger partial charge in [0, 0.05) is 41.3 Å². The first-order valence-corrected chi connectivity index (χ1v) is 11.7. The first kappa shape index (κ1) is 21.7. The van der Waals surface area contributed by atoms with Crippen molar-refractivity contribution in [3.8, 4) is 11.5 Å². The van der Waals surface area contributed by atoms with Crippen molar-refractivity contribution in [1.82, 2.24) is 5.32 Å². The molecule has 1 aliphatic heterocycles. The molecule has 1 N–H and O–H groups in total.